The van der Waals surface area contributed by atoms with Crippen LogP contribution < -0.4 is 10.2 Å². The van der Waals surface area contributed by atoms with Gasteiger partial charge in [0.1, 0.15) is 12.1 Å². The van der Waals surface area contributed by atoms with Crippen LogP contribution in [0.15, 0.2) is 18.2 Å². The molecular formula is C31H58F2N2O2. The second kappa shape index (κ2) is 27.1. The molecule has 1 aromatic rings. The van der Waals surface area contributed by atoms with Crippen molar-refractivity contribution in [1.29, 1.82) is 0 Å². The Morgan fingerprint density at radius 1 is 1.05 bits per heavy atom. The maximum absolute atomic E-state index is 14.3. The highest BCUT2D eigenvalue weighted by molar-refractivity contribution is 5.83. The largest absolute Gasteiger partial charge is 0.369 e. The van der Waals surface area contributed by atoms with Crippen molar-refractivity contribution in [3.63, 3.8) is 0 Å². The molecule has 0 saturated carbocycles. The smallest absolute Gasteiger partial charge is 0.227 e. The second-order valence-corrected chi connectivity index (χ2v) is 9.52. The first-order valence-corrected chi connectivity index (χ1v) is 14.3. The Kier molecular flexibility index (Phi) is 28.9. The first-order valence-electron chi connectivity index (χ1n) is 14.3. The van der Waals surface area contributed by atoms with Crippen LogP contribution in [-0.2, 0) is 9.59 Å². The van der Waals surface area contributed by atoms with Crippen molar-refractivity contribution < 1.29 is 18.4 Å². The van der Waals surface area contributed by atoms with Crippen LogP contribution in [0, 0.1) is 17.7 Å². The van der Waals surface area contributed by atoms with E-state index < -0.39 is 5.92 Å². The molecule has 1 atom stereocenters. The van der Waals surface area contributed by atoms with E-state index in [1.807, 2.05) is 18.7 Å². The number of halogens is 2. The number of alkyl halides is 1. The summed E-state index contributed by atoms with van der Waals surface area (Å²) in [6.07, 6.45) is 9.70. The van der Waals surface area contributed by atoms with E-state index in [0.717, 1.165) is 25.3 Å². The summed E-state index contributed by atoms with van der Waals surface area (Å²) in [7, 11) is 2.04. The number of aldehydes is 1. The summed E-state index contributed by atoms with van der Waals surface area (Å²) in [5.41, 5.74) is 1.20. The van der Waals surface area contributed by atoms with Crippen molar-refractivity contribution in [3.8, 4) is 0 Å². The molecule has 1 aliphatic heterocycles. The van der Waals surface area contributed by atoms with E-state index in [0.29, 0.717) is 30.8 Å². The molecule has 0 radical (unpaired) electrons. The molecule has 0 aromatic heterocycles. The summed E-state index contributed by atoms with van der Waals surface area (Å²) < 4.78 is 23.8. The average molecular weight is 529 g/mol. The summed E-state index contributed by atoms with van der Waals surface area (Å²) in [6, 6.07) is 4.93. The lowest BCUT2D eigenvalue weighted by Crippen LogP contribution is -2.45. The van der Waals surface area contributed by atoms with E-state index in [9.17, 15) is 18.4 Å². The number of nitrogens with one attached hydrogen (secondary N) is 1. The molecule has 1 saturated heterocycles. The lowest BCUT2D eigenvalue weighted by atomic mass is 9.92. The molecule has 2 rings (SSSR count). The molecule has 1 amide bonds. The van der Waals surface area contributed by atoms with E-state index in [1.54, 1.807) is 19.2 Å². The topological polar surface area (TPSA) is 49.4 Å². The highest BCUT2D eigenvalue weighted by atomic mass is 19.1. The van der Waals surface area contributed by atoms with Crippen molar-refractivity contribution >= 4 is 17.9 Å². The van der Waals surface area contributed by atoms with Gasteiger partial charge in [0.2, 0.25) is 5.91 Å². The summed E-state index contributed by atoms with van der Waals surface area (Å²) in [6.45, 7) is 19.0. The molecule has 4 nitrogen and oxygen atoms in total. The first-order chi connectivity index (χ1) is 17.7. The zero-order valence-electron chi connectivity index (χ0n) is 25.6. The number of benzene rings is 1. The fourth-order valence-electron chi connectivity index (χ4n) is 3.55. The number of unbranched alkanes of at least 4 members (excludes halogenated alkanes) is 3. The van der Waals surface area contributed by atoms with E-state index >= 15 is 0 Å². The van der Waals surface area contributed by atoms with Gasteiger partial charge in [-0.2, -0.15) is 0 Å². The normalized spacial score (nSPS) is 12.6. The number of carbonyl (C=O) groups excluding carboxylic acids is 2. The van der Waals surface area contributed by atoms with Gasteiger partial charge in [0.05, 0.1) is 18.8 Å². The Labute approximate surface area is 228 Å². The Morgan fingerprint density at radius 3 is 2.00 bits per heavy atom. The highest BCUT2D eigenvalue weighted by Gasteiger charge is 2.26. The van der Waals surface area contributed by atoms with Gasteiger partial charge in [0.25, 0.3) is 0 Å². The SMILES string of the molecule is CC.CCCC.CCCCCC(C)C.CF.CNC(=O)C(CCC=O)c1ccc(N2CC(C)C2)c(F)c1. The lowest BCUT2D eigenvalue weighted by Gasteiger charge is -2.39. The predicted molar refractivity (Wildman–Crippen MR) is 158 cm³/mol. The van der Waals surface area contributed by atoms with Gasteiger partial charge in [0, 0.05) is 26.6 Å². The third kappa shape index (κ3) is 18.8. The van der Waals surface area contributed by atoms with Gasteiger partial charge in [-0.15, -0.1) is 0 Å². The molecule has 1 N–H and O–H groups in total. The average Bonchev–Trinajstić information content (AvgIpc) is 2.90. The lowest BCUT2D eigenvalue weighted by molar-refractivity contribution is -0.122. The van der Waals surface area contributed by atoms with Crippen molar-refractivity contribution in [2.45, 2.75) is 113 Å². The molecule has 1 unspecified atom stereocenters. The van der Waals surface area contributed by atoms with Crippen LogP contribution in [0.3, 0.4) is 0 Å². The van der Waals surface area contributed by atoms with Crippen LogP contribution in [-0.4, -0.2) is 39.5 Å². The Morgan fingerprint density at radius 2 is 1.62 bits per heavy atom. The van der Waals surface area contributed by atoms with E-state index in [1.165, 1.54) is 44.6 Å². The van der Waals surface area contributed by atoms with Crippen molar-refractivity contribution in [2.24, 2.45) is 11.8 Å². The number of hydrogen-bond acceptors (Lipinski definition) is 3. The molecule has 1 heterocycles. The molecule has 0 spiro atoms. The molecular weight excluding hydrogens is 470 g/mol. The summed E-state index contributed by atoms with van der Waals surface area (Å²) >= 11 is 0. The third-order valence-electron chi connectivity index (χ3n) is 5.80. The van der Waals surface area contributed by atoms with Crippen LogP contribution in [0.4, 0.5) is 14.5 Å². The van der Waals surface area contributed by atoms with Gasteiger partial charge in [0.15, 0.2) is 0 Å². The van der Waals surface area contributed by atoms with E-state index in [-0.39, 0.29) is 18.1 Å². The first kappa shape index (κ1) is 39.5. The molecule has 218 valence electrons. The van der Waals surface area contributed by atoms with Gasteiger partial charge in [-0.3, -0.25) is 9.18 Å². The zero-order chi connectivity index (χ0) is 29.2. The monoisotopic (exact) mass is 528 g/mol. The predicted octanol–water partition coefficient (Wildman–Crippen LogP) is 8.73. The number of likely N-dealkylation sites (N-methyl/N-ethyl adjacent to an activating group) is 1. The molecule has 1 fully saturated rings. The van der Waals surface area contributed by atoms with Gasteiger partial charge in [-0.25, -0.2) is 4.39 Å². The number of hydrogen-bond donors (Lipinski definition) is 1. The molecule has 37 heavy (non-hydrogen) atoms. The molecule has 1 aliphatic rings. The third-order valence-corrected chi connectivity index (χ3v) is 5.80. The fourth-order valence-corrected chi connectivity index (χ4v) is 3.55. The fraction of sp³-hybridized carbons (Fsp3) is 0.742. The molecule has 6 heteroatoms. The van der Waals surface area contributed by atoms with Crippen molar-refractivity contribution in [2.75, 3.05) is 32.2 Å². The Balaban J connectivity index is -0.000000600. The van der Waals surface area contributed by atoms with Gasteiger partial charge in [-0.05, 0) is 36.0 Å². The Hall–Kier alpha value is -1.98. The summed E-state index contributed by atoms with van der Waals surface area (Å²) in [5.74, 6) is 0.511. The van der Waals surface area contributed by atoms with Crippen LogP contribution in [0.25, 0.3) is 0 Å². The van der Waals surface area contributed by atoms with Crippen LogP contribution >= 0.6 is 0 Å². The van der Waals surface area contributed by atoms with Gasteiger partial charge < -0.3 is 15.0 Å². The minimum absolute atomic E-state index is 0.193. The number of nitrogens with zero attached hydrogens (tertiary/aromatic N) is 1. The Bertz CT molecular complexity index is 661. The number of rotatable bonds is 11. The quantitative estimate of drug-likeness (QED) is 0.231. The molecule has 0 aliphatic carbocycles. The molecule has 0 bridgehead atoms. The summed E-state index contributed by atoms with van der Waals surface area (Å²) in [5, 5.41) is 2.57. The van der Waals surface area contributed by atoms with Crippen molar-refractivity contribution in [1.82, 2.24) is 5.32 Å². The minimum atomic E-state index is -0.487. The van der Waals surface area contributed by atoms with Crippen LogP contribution in [0.1, 0.15) is 118 Å². The summed E-state index contributed by atoms with van der Waals surface area (Å²) in [4.78, 5) is 24.4. The standard InChI is InChI=1S/C16H21FN2O2.C8H18.C4H10.C2H6.CH3F/c1-11-9-19(10-11)15-6-5-12(8-14(15)17)13(4-3-7-20)16(21)18-2;1-4-5-6-7-8(2)3;1-3-4-2;2*1-2/h5-8,11,13H,3-4,9-10H2,1-2H3,(H,18,21);8H,4-7H2,1-3H3;3-4H2,1-2H3;1-2H3;1H3. The maximum atomic E-state index is 14.3. The number of carbonyl (C=O) groups is 2. The maximum Gasteiger partial charge on any atom is 0.227 e. The molecule has 1 aromatic carbocycles. The minimum Gasteiger partial charge on any atom is -0.369 e. The highest BCUT2D eigenvalue weighted by Crippen LogP contribution is 2.30. The van der Waals surface area contributed by atoms with Gasteiger partial charge in [-0.1, -0.05) is 100.0 Å². The van der Waals surface area contributed by atoms with E-state index in [2.05, 4.69) is 46.9 Å². The van der Waals surface area contributed by atoms with Crippen molar-refractivity contribution in [3.05, 3.63) is 29.6 Å². The second-order valence-electron chi connectivity index (χ2n) is 9.52. The van der Waals surface area contributed by atoms with Crippen LogP contribution in [0.5, 0.6) is 0 Å². The van der Waals surface area contributed by atoms with E-state index in [4.69, 9.17) is 0 Å². The number of anilines is 1. The number of amides is 1. The zero-order valence-corrected chi connectivity index (χ0v) is 25.6. The van der Waals surface area contributed by atoms with Gasteiger partial charge >= 0.3 is 0 Å². The van der Waals surface area contributed by atoms with Crippen LogP contribution in [0.2, 0.25) is 0 Å².